The van der Waals surface area contributed by atoms with E-state index in [0.29, 0.717) is 25.2 Å². The largest absolute Gasteiger partial charge is 0.359 e. The molecule has 1 aliphatic rings. The van der Waals surface area contributed by atoms with Crippen molar-refractivity contribution in [3.05, 3.63) is 59.8 Å². The molecule has 27 heavy (non-hydrogen) atoms. The number of amides is 1. The Kier molecular flexibility index (Phi) is 4.39. The first-order chi connectivity index (χ1) is 12.9. The Morgan fingerprint density at radius 2 is 1.85 bits per heavy atom. The number of hydrogen-bond acceptors (Lipinski definition) is 3. The van der Waals surface area contributed by atoms with Crippen LogP contribution in [0.2, 0.25) is 0 Å². The molecule has 0 saturated heterocycles. The monoisotopic (exact) mass is 383 g/mol. The minimum absolute atomic E-state index is 0.0522. The zero-order valence-electron chi connectivity index (χ0n) is 15.0. The number of carbonyl (C=O) groups is 1. The third kappa shape index (κ3) is 3.42. The van der Waals surface area contributed by atoms with Gasteiger partial charge in [-0.05, 0) is 48.2 Å². The molecule has 6 nitrogen and oxygen atoms in total. The molecular formula is C20H21N3O3S. The molecule has 4 rings (SSSR count). The predicted octanol–water partition coefficient (Wildman–Crippen LogP) is 2.92. The number of hydrogen-bond donors (Lipinski definition) is 2. The van der Waals surface area contributed by atoms with E-state index in [2.05, 4.69) is 9.71 Å². The summed E-state index contributed by atoms with van der Waals surface area (Å²) >= 11 is 0. The number of fused-ring (bicyclic) bond motifs is 2. The predicted molar refractivity (Wildman–Crippen MR) is 105 cm³/mol. The summed E-state index contributed by atoms with van der Waals surface area (Å²) in [5, 5.41) is 0.946. The van der Waals surface area contributed by atoms with Gasteiger partial charge in [-0.3, -0.25) is 9.52 Å². The molecular weight excluding hydrogens is 362 g/mol. The van der Waals surface area contributed by atoms with Crippen molar-refractivity contribution in [3.63, 3.8) is 0 Å². The molecule has 1 aliphatic heterocycles. The summed E-state index contributed by atoms with van der Waals surface area (Å²) in [7, 11) is -3.71. The lowest BCUT2D eigenvalue weighted by Crippen LogP contribution is -2.30. The van der Waals surface area contributed by atoms with Crippen molar-refractivity contribution in [2.45, 2.75) is 24.7 Å². The van der Waals surface area contributed by atoms with Gasteiger partial charge in [0.05, 0.1) is 16.1 Å². The fourth-order valence-corrected chi connectivity index (χ4v) is 4.68. The average Bonchev–Trinajstić information content (AvgIpc) is 3.01. The summed E-state index contributed by atoms with van der Waals surface area (Å²) in [5.41, 5.74) is 3.37. The molecule has 2 heterocycles. The average molecular weight is 383 g/mol. The summed E-state index contributed by atoms with van der Waals surface area (Å²) in [6.45, 7) is 2.85. The highest BCUT2D eigenvalue weighted by Crippen LogP contribution is 2.26. The Bertz CT molecular complexity index is 1120. The number of aromatic nitrogens is 1. The number of H-pyrrole nitrogens is 1. The molecule has 7 heteroatoms. The third-order valence-electron chi connectivity index (χ3n) is 5.07. The van der Waals surface area contributed by atoms with Gasteiger partial charge in [0.25, 0.3) is 10.0 Å². The molecule has 1 amide bonds. The van der Waals surface area contributed by atoms with E-state index in [1.54, 1.807) is 36.2 Å². The molecule has 0 aliphatic carbocycles. The zero-order chi connectivity index (χ0) is 19.0. The van der Waals surface area contributed by atoms with Crippen LogP contribution in [0.25, 0.3) is 10.9 Å². The highest BCUT2D eigenvalue weighted by atomic mass is 32.2. The van der Waals surface area contributed by atoms with Crippen molar-refractivity contribution in [1.29, 1.82) is 0 Å². The van der Waals surface area contributed by atoms with Crippen molar-refractivity contribution in [1.82, 2.24) is 9.88 Å². The maximum absolute atomic E-state index is 12.9. The van der Waals surface area contributed by atoms with Gasteiger partial charge in [-0.1, -0.05) is 18.2 Å². The number of nitrogens with zero attached hydrogens (tertiary/aromatic N) is 1. The maximum atomic E-state index is 12.9. The quantitative estimate of drug-likeness (QED) is 0.730. The second-order valence-corrected chi connectivity index (χ2v) is 8.47. The van der Waals surface area contributed by atoms with Gasteiger partial charge in [0.15, 0.2) is 0 Å². The summed E-state index contributed by atoms with van der Waals surface area (Å²) in [4.78, 5) is 16.7. The van der Waals surface area contributed by atoms with Gasteiger partial charge in [-0.2, -0.15) is 0 Å². The minimum atomic E-state index is -3.71. The topological polar surface area (TPSA) is 82.3 Å². The molecule has 2 aromatic carbocycles. The number of para-hydroxylation sites is 1. The van der Waals surface area contributed by atoms with Crippen LogP contribution in [0, 0.1) is 0 Å². The maximum Gasteiger partial charge on any atom is 0.261 e. The summed E-state index contributed by atoms with van der Waals surface area (Å²) in [6.07, 6.45) is 3.18. The van der Waals surface area contributed by atoms with Crippen molar-refractivity contribution < 1.29 is 13.2 Å². The van der Waals surface area contributed by atoms with E-state index in [0.717, 1.165) is 28.5 Å². The first-order valence-corrected chi connectivity index (χ1v) is 10.4. The highest BCUT2D eigenvalue weighted by molar-refractivity contribution is 7.92. The molecule has 0 spiro atoms. The number of carbonyl (C=O) groups excluding carboxylic acids is 1. The summed E-state index contributed by atoms with van der Waals surface area (Å²) in [6, 6.07) is 12.6. The molecule has 0 atom stereocenters. The van der Waals surface area contributed by atoms with Gasteiger partial charge in [-0.25, -0.2) is 8.42 Å². The fraction of sp³-hybridized carbons (Fsp3) is 0.250. The van der Waals surface area contributed by atoms with E-state index in [-0.39, 0.29) is 10.8 Å². The van der Waals surface area contributed by atoms with Crippen LogP contribution in [-0.4, -0.2) is 37.3 Å². The number of anilines is 1. The Labute approximate surface area is 158 Å². The van der Waals surface area contributed by atoms with Gasteiger partial charge in [0.2, 0.25) is 5.91 Å². The van der Waals surface area contributed by atoms with Crippen LogP contribution in [0.4, 0.5) is 5.69 Å². The second-order valence-electron chi connectivity index (χ2n) is 6.79. The minimum Gasteiger partial charge on any atom is -0.359 e. The van der Waals surface area contributed by atoms with Gasteiger partial charge < -0.3 is 9.88 Å². The van der Waals surface area contributed by atoms with E-state index in [4.69, 9.17) is 0 Å². The van der Waals surface area contributed by atoms with Gasteiger partial charge in [0.1, 0.15) is 0 Å². The number of nitrogens with one attached hydrogen (secondary N) is 2. The molecule has 140 valence electrons. The lowest BCUT2D eigenvalue weighted by atomic mass is 10.0. The van der Waals surface area contributed by atoms with E-state index in [1.807, 2.05) is 24.3 Å². The van der Waals surface area contributed by atoms with Crippen LogP contribution in [0.1, 0.15) is 18.1 Å². The summed E-state index contributed by atoms with van der Waals surface area (Å²) < 4.78 is 28.5. The Balaban J connectivity index is 1.64. The number of rotatable bonds is 3. The Morgan fingerprint density at radius 3 is 2.63 bits per heavy atom. The molecule has 0 bridgehead atoms. The number of benzene rings is 2. The van der Waals surface area contributed by atoms with Gasteiger partial charge in [-0.15, -0.1) is 0 Å². The molecule has 3 aromatic rings. The third-order valence-corrected chi connectivity index (χ3v) is 6.43. The van der Waals surface area contributed by atoms with Crippen LogP contribution in [0.15, 0.2) is 53.6 Å². The van der Waals surface area contributed by atoms with E-state index >= 15 is 0 Å². The Hall–Kier alpha value is -2.80. The van der Waals surface area contributed by atoms with Crippen LogP contribution >= 0.6 is 0 Å². The standard InChI is InChI=1S/C20H21N3O3S/c1-14(24)23-11-8-15-5-6-18(13-17(15)9-12-23)27(25,26)22-19-4-2-3-16-7-10-21-20(16)19/h2-7,10,13,21-22H,8-9,11-12H2,1H3. The van der Waals surface area contributed by atoms with Crippen LogP contribution in [0.5, 0.6) is 0 Å². The first kappa shape index (κ1) is 17.6. The Morgan fingerprint density at radius 1 is 1.07 bits per heavy atom. The first-order valence-electron chi connectivity index (χ1n) is 8.90. The SMILES string of the molecule is CC(=O)N1CCc2ccc(S(=O)(=O)Nc3cccc4cc[nH]c34)cc2CC1. The normalized spacial score (nSPS) is 14.6. The van der Waals surface area contributed by atoms with Crippen LogP contribution in [0.3, 0.4) is 0 Å². The zero-order valence-corrected chi connectivity index (χ0v) is 15.8. The lowest BCUT2D eigenvalue weighted by molar-refractivity contribution is -0.128. The van der Waals surface area contributed by atoms with Crippen LogP contribution < -0.4 is 4.72 Å². The van der Waals surface area contributed by atoms with Gasteiger partial charge >= 0.3 is 0 Å². The smallest absolute Gasteiger partial charge is 0.261 e. The van der Waals surface area contributed by atoms with Crippen molar-refractivity contribution in [2.75, 3.05) is 17.8 Å². The molecule has 0 radical (unpaired) electrons. The molecule has 0 saturated carbocycles. The highest BCUT2D eigenvalue weighted by Gasteiger charge is 2.20. The van der Waals surface area contributed by atoms with Gasteiger partial charge in [0, 0.05) is 31.6 Å². The van der Waals surface area contributed by atoms with Crippen LogP contribution in [-0.2, 0) is 27.7 Å². The van der Waals surface area contributed by atoms with Crippen molar-refractivity contribution in [3.8, 4) is 0 Å². The van der Waals surface area contributed by atoms with E-state index in [9.17, 15) is 13.2 Å². The number of aromatic amines is 1. The van der Waals surface area contributed by atoms with E-state index in [1.165, 1.54) is 0 Å². The number of sulfonamides is 1. The van der Waals surface area contributed by atoms with Crippen molar-refractivity contribution >= 4 is 32.5 Å². The fourth-order valence-electron chi connectivity index (χ4n) is 3.56. The molecule has 1 aromatic heterocycles. The van der Waals surface area contributed by atoms with Crippen molar-refractivity contribution in [2.24, 2.45) is 0 Å². The van der Waals surface area contributed by atoms with E-state index < -0.39 is 10.0 Å². The molecule has 0 unspecified atom stereocenters. The lowest BCUT2D eigenvalue weighted by Gasteiger charge is -2.17. The molecule has 0 fully saturated rings. The second kappa shape index (κ2) is 6.74. The molecule has 2 N–H and O–H groups in total. The summed E-state index contributed by atoms with van der Waals surface area (Å²) in [5.74, 6) is 0.0522.